The van der Waals surface area contributed by atoms with Crippen LogP contribution in [0.15, 0.2) is 55.1 Å². The second kappa shape index (κ2) is 8.35. The van der Waals surface area contributed by atoms with E-state index in [9.17, 15) is 4.79 Å². The van der Waals surface area contributed by atoms with E-state index in [-0.39, 0.29) is 5.91 Å². The number of carbonyl (C=O) groups is 1. The Morgan fingerprint density at radius 2 is 1.97 bits per heavy atom. The molecule has 5 rings (SSSR count). The van der Waals surface area contributed by atoms with E-state index in [1.54, 1.807) is 30.1 Å². The van der Waals surface area contributed by atoms with E-state index in [4.69, 9.17) is 4.98 Å². The number of hydrogen-bond acceptors (Lipinski definition) is 7. The smallest absolute Gasteiger partial charge is 0.224 e. The highest BCUT2D eigenvalue weighted by Gasteiger charge is 2.17. The summed E-state index contributed by atoms with van der Waals surface area (Å²) in [4.78, 5) is 30.1. The first-order valence-corrected chi connectivity index (χ1v) is 11.0. The van der Waals surface area contributed by atoms with Crippen molar-refractivity contribution < 1.29 is 4.79 Å². The van der Waals surface area contributed by atoms with Crippen LogP contribution in [0, 0.1) is 0 Å². The molecule has 0 atom stereocenters. The number of nitrogens with zero attached hydrogens (tertiary/aromatic N) is 5. The van der Waals surface area contributed by atoms with Gasteiger partial charge in [0.25, 0.3) is 0 Å². The monoisotopic (exact) mass is 443 g/mol. The summed E-state index contributed by atoms with van der Waals surface area (Å²) in [7, 11) is 3.81. The van der Waals surface area contributed by atoms with E-state index in [1.165, 1.54) is 0 Å². The summed E-state index contributed by atoms with van der Waals surface area (Å²) < 4.78 is 3.01. The number of benzene rings is 1. The minimum absolute atomic E-state index is 0.0279. The number of hydrogen-bond donors (Lipinski definition) is 2. The van der Waals surface area contributed by atoms with Gasteiger partial charge in [-0.2, -0.15) is 0 Å². The molecule has 0 aliphatic heterocycles. The Balaban J connectivity index is 1.34. The van der Waals surface area contributed by atoms with Crippen molar-refractivity contribution in [3.05, 3.63) is 66.2 Å². The molecular weight excluding hydrogens is 422 g/mol. The summed E-state index contributed by atoms with van der Waals surface area (Å²) in [6, 6.07) is 11.8. The Labute approximate surface area is 188 Å². The third kappa shape index (κ3) is 3.78. The molecule has 0 bridgehead atoms. The van der Waals surface area contributed by atoms with E-state index in [2.05, 4.69) is 25.6 Å². The average molecular weight is 444 g/mol. The van der Waals surface area contributed by atoms with Gasteiger partial charge in [-0.05, 0) is 17.2 Å². The molecule has 2 N–H and O–H groups in total. The highest BCUT2D eigenvalue weighted by Crippen LogP contribution is 2.35. The number of thiazole rings is 1. The minimum Gasteiger partial charge on any atom is -0.371 e. The van der Waals surface area contributed by atoms with Crippen LogP contribution in [-0.4, -0.2) is 37.5 Å². The molecule has 4 aromatic heterocycles. The van der Waals surface area contributed by atoms with E-state index in [1.807, 2.05) is 55.1 Å². The number of amides is 1. The Morgan fingerprint density at radius 3 is 2.72 bits per heavy atom. The minimum atomic E-state index is -0.0279. The number of carbonyl (C=O) groups excluding carboxylic acids is 1. The van der Waals surface area contributed by atoms with Gasteiger partial charge in [-0.1, -0.05) is 30.3 Å². The van der Waals surface area contributed by atoms with Crippen LogP contribution in [0.5, 0.6) is 0 Å². The van der Waals surface area contributed by atoms with Crippen molar-refractivity contribution in [2.24, 2.45) is 7.05 Å². The van der Waals surface area contributed by atoms with Gasteiger partial charge in [0, 0.05) is 38.6 Å². The number of fused-ring (bicyclic) bond motifs is 3. The third-order valence-corrected chi connectivity index (χ3v) is 6.32. The summed E-state index contributed by atoms with van der Waals surface area (Å²) in [5.41, 5.74) is 5.51. The fourth-order valence-corrected chi connectivity index (χ4v) is 4.69. The van der Waals surface area contributed by atoms with Crippen LogP contribution < -0.4 is 10.6 Å². The number of aryl methyl sites for hydroxylation is 1. The zero-order valence-electron chi connectivity index (χ0n) is 17.7. The lowest BCUT2D eigenvalue weighted by atomic mass is 10.1. The van der Waals surface area contributed by atoms with E-state index in [0.29, 0.717) is 18.6 Å². The quantitative estimate of drug-likeness (QED) is 0.417. The van der Waals surface area contributed by atoms with Crippen LogP contribution in [0.1, 0.15) is 11.1 Å². The van der Waals surface area contributed by atoms with Crippen LogP contribution in [0.4, 0.5) is 5.82 Å². The summed E-state index contributed by atoms with van der Waals surface area (Å²) in [6.45, 7) is 0.474. The SMILES string of the molecule is CNc1nc2nc(-c3ccc(CNC(=O)Cc4cccnc4)cc3)sc2c2c1ncn2C. The maximum atomic E-state index is 12.2. The third-order valence-electron chi connectivity index (χ3n) is 5.22. The zero-order chi connectivity index (χ0) is 22.1. The summed E-state index contributed by atoms with van der Waals surface area (Å²) in [6.07, 6.45) is 5.52. The van der Waals surface area contributed by atoms with Crippen molar-refractivity contribution in [3.63, 3.8) is 0 Å². The number of rotatable bonds is 6. The van der Waals surface area contributed by atoms with Crippen LogP contribution in [0.2, 0.25) is 0 Å². The standard InChI is InChI=1S/C23H21N7OS/c1-24-21-18-19(30(2)13-27-18)20-22(28-21)29-23(32-20)16-7-5-14(6-8-16)12-26-17(31)10-15-4-3-9-25-11-15/h3-9,11,13H,10,12H2,1-2H3,(H,24,28)(H,26,31). The summed E-state index contributed by atoms with van der Waals surface area (Å²) >= 11 is 1.61. The molecule has 0 saturated carbocycles. The largest absolute Gasteiger partial charge is 0.371 e. The molecule has 4 heterocycles. The molecule has 1 amide bonds. The lowest BCUT2D eigenvalue weighted by Crippen LogP contribution is -2.24. The Bertz CT molecular complexity index is 1410. The van der Waals surface area contributed by atoms with Crippen molar-refractivity contribution in [1.82, 2.24) is 29.8 Å². The lowest BCUT2D eigenvalue weighted by Gasteiger charge is -2.06. The van der Waals surface area contributed by atoms with Gasteiger partial charge in [-0.15, -0.1) is 11.3 Å². The van der Waals surface area contributed by atoms with Gasteiger partial charge < -0.3 is 15.2 Å². The maximum Gasteiger partial charge on any atom is 0.224 e. The van der Waals surface area contributed by atoms with E-state index >= 15 is 0 Å². The van der Waals surface area contributed by atoms with Gasteiger partial charge >= 0.3 is 0 Å². The molecule has 32 heavy (non-hydrogen) atoms. The topological polar surface area (TPSA) is 97.6 Å². The van der Waals surface area contributed by atoms with Gasteiger partial charge in [0.05, 0.1) is 18.3 Å². The van der Waals surface area contributed by atoms with E-state index in [0.717, 1.165) is 43.2 Å². The first-order valence-electron chi connectivity index (χ1n) is 10.2. The second-order valence-electron chi connectivity index (χ2n) is 7.45. The number of anilines is 1. The molecule has 1 aromatic carbocycles. The fraction of sp³-hybridized carbons (Fsp3) is 0.174. The van der Waals surface area contributed by atoms with Crippen molar-refractivity contribution >= 4 is 44.4 Å². The molecule has 8 nitrogen and oxygen atoms in total. The summed E-state index contributed by atoms with van der Waals surface area (Å²) in [5, 5.41) is 6.97. The predicted molar refractivity (Wildman–Crippen MR) is 126 cm³/mol. The molecule has 0 radical (unpaired) electrons. The first-order chi connectivity index (χ1) is 15.6. The van der Waals surface area contributed by atoms with Crippen molar-refractivity contribution in [2.75, 3.05) is 12.4 Å². The molecule has 0 saturated heterocycles. The van der Waals surface area contributed by atoms with E-state index < -0.39 is 0 Å². The fourth-order valence-electron chi connectivity index (χ4n) is 3.59. The molecule has 0 aliphatic carbocycles. The van der Waals surface area contributed by atoms with Gasteiger partial charge in [-0.3, -0.25) is 9.78 Å². The van der Waals surface area contributed by atoms with Gasteiger partial charge in [0.2, 0.25) is 5.91 Å². The van der Waals surface area contributed by atoms with Crippen LogP contribution >= 0.6 is 11.3 Å². The first kappa shape index (κ1) is 20.1. The lowest BCUT2D eigenvalue weighted by molar-refractivity contribution is -0.120. The van der Waals surface area contributed by atoms with Crippen LogP contribution in [0.3, 0.4) is 0 Å². The van der Waals surface area contributed by atoms with Crippen LogP contribution in [-0.2, 0) is 24.8 Å². The highest BCUT2D eigenvalue weighted by atomic mass is 32.1. The number of aromatic nitrogens is 5. The zero-order valence-corrected chi connectivity index (χ0v) is 18.5. The van der Waals surface area contributed by atoms with Crippen LogP contribution in [0.25, 0.3) is 32.0 Å². The Kier molecular flexibility index (Phi) is 5.24. The molecule has 0 aliphatic rings. The average Bonchev–Trinajstić information content (AvgIpc) is 3.41. The molecule has 5 aromatic rings. The van der Waals surface area contributed by atoms with Crippen molar-refractivity contribution in [2.45, 2.75) is 13.0 Å². The molecule has 9 heteroatoms. The highest BCUT2D eigenvalue weighted by molar-refractivity contribution is 7.22. The van der Waals surface area contributed by atoms with Crippen molar-refractivity contribution in [1.29, 1.82) is 0 Å². The Morgan fingerprint density at radius 1 is 1.12 bits per heavy atom. The number of pyridine rings is 2. The maximum absolute atomic E-state index is 12.2. The second-order valence-corrected chi connectivity index (χ2v) is 8.45. The molecule has 0 spiro atoms. The molecular formula is C23H21N7OS. The number of nitrogens with one attached hydrogen (secondary N) is 2. The Hall–Kier alpha value is -3.85. The normalized spacial score (nSPS) is 11.2. The van der Waals surface area contributed by atoms with Gasteiger partial charge in [0.15, 0.2) is 11.5 Å². The predicted octanol–water partition coefficient (Wildman–Crippen LogP) is 3.54. The summed E-state index contributed by atoms with van der Waals surface area (Å²) in [5.74, 6) is 0.696. The van der Waals surface area contributed by atoms with Gasteiger partial charge in [-0.25, -0.2) is 15.0 Å². The molecule has 0 unspecified atom stereocenters. The molecule has 160 valence electrons. The van der Waals surface area contributed by atoms with Gasteiger partial charge in [0.1, 0.15) is 15.2 Å². The molecule has 0 fully saturated rings. The number of imidazole rings is 1. The van der Waals surface area contributed by atoms with Crippen molar-refractivity contribution in [3.8, 4) is 10.6 Å².